The predicted octanol–water partition coefficient (Wildman–Crippen LogP) is 4.11. The van der Waals surface area contributed by atoms with Gasteiger partial charge in [0.05, 0.1) is 8.95 Å². The van der Waals surface area contributed by atoms with Gasteiger partial charge in [-0.1, -0.05) is 12.1 Å². The molecule has 0 amide bonds. The minimum atomic E-state index is -0.268. The van der Waals surface area contributed by atoms with Crippen molar-refractivity contribution < 1.29 is 9.13 Å². The average Bonchev–Trinajstić information content (AvgIpc) is 3.02. The van der Waals surface area contributed by atoms with Crippen LogP contribution in [0.3, 0.4) is 0 Å². The summed E-state index contributed by atoms with van der Waals surface area (Å²) in [6.45, 7) is 0.332. The Labute approximate surface area is 142 Å². The predicted molar refractivity (Wildman–Crippen MR) is 85.7 cm³/mol. The summed E-state index contributed by atoms with van der Waals surface area (Å²) in [5.41, 5.74) is 1.67. The number of hydrogen-bond acceptors (Lipinski definition) is 4. The first-order valence-electron chi connectivity index (χ1n) is 6.23. The molecule has 0 bridgehead atoms. The second kappa shape index (κ2) is 6.53. The monoisotopic (exact) mass is 426 g/mol. The molecule has 22 heavy (non-hydrogen) atoms. The number of ether oxygens (including phenoxy) is 1. The van der Waals surface area contributed by atoms with Gasteiger partial charge in [-0.2, -0.15) is 5.21 Å². The van der Waals surface area contributed by atoms with E-state index in [1.165, 1.54) is 12.1 Å². The molecular formula is C14H9Br2FN4O. The van der Waals surface area contributed by atoms with Gasteiger partial charge in [0, 0.05) is 5.56 Å². The molecule has 0 aliphatic rings. The van der Waals surface area contributed by atoms with E-state index in [0.29, 0.717) is 18.2 Å². The maximum atomic E-state index is 12.9. The van der Waals surface area contributed by atoms with Crippen molar-refractivity contribution >= 4 is 31.9 Å². The summed E-state index contributed by atoms with van der Waals surface area (Å²) in [6, 6.07) is 9.87. The summed E-state index contributed by atoms with van der Waals surface area (Å²) in [5, 5.41) is 13.8. The maximum absolute atomic E-state index is 12.9. The number of nitrogens with zero attached hydrogens (tertiary/aromatic N) is 3. The van der Waals surface area contributed by atoms with E-state index in [2.05, 4.69) is 52.5 Å². The van der Waals surface area contributed by atoms with Crippen LogP contribution in [0.5, 0.6) is 5.75 Å². The van der Waals surface area contributed by atoms with Crippen LogP contribution in [-0.2, 0) is 6.61 Å². The third-order valence-electron chi connectivity index (χ3n) is 2.90. The van der Waals surface area contributed by atoms with Gasteiger partial charge in [0.2, 0.25) is 5.82 Å². The van der Waals surface area contributed by atoms with E-state index in [1.807, 2.05) is 12.1 Å². The second-order valence-corrected chi connectivity index (χ2v) is 6.13. The molecule has 8 heteroatoms. The molecule has 2 aromatic carbocycles. The van der Waals surface area contributed by atoms with Crippen LogP contribution in [0.1, 0.15) is 5.56 Å². The largest absolute Gasteiger partial charge is 0.487 e. The molecule has 0 saturated carbocycles. The molecule has 1 heterocycles. The third-order valence-corrected chi connectivity index (χ3v) is 4.08. The van der Waals surface area contributed by atoms with E-state index in [0.717, 1.165) is 20.1 Å². The molecule has 1 aromatic heterocycles. The third kappa shape index (κ3) is 3.33. The molecule has 1 N–H and O–H groups in total. The van der Waals surface area contributed by atoms with Crippen LogP contribution in [0.4, 0.5) is 4.39 Å². The van der Waals surface area contributed by atoms with Crippen molar-refractivity contribution in [1.82, 2.24) is 20.6 Å². The Kier molecular flexibility index (Phi) is 4.49. The van der Waals surface area contributed by atoms with E-state index in [-0.39, 0.29) is 5.82 Å². The van der Waals surface area contributed by atoms with Crippen LogP contribution < -0.4 is 4.74 Å². The number of halogens is 3. The molecule has 0 saturated heterocycles. The van der Waals surface area contributed by atoms with Gasteiger partial charge in [-0.05, 0) is 66.9 Å². The van der Waals surface area contributed by atoms with E-state index in [1.54, 1.807) is 12.1 Å². The number of benzene rings is 2. The number of hydrogen-bond donors (Lipinski definition) is 1. The van der Waals surface area contributed by atoms with Crippen molar-refractivity contribution in [2.24, 2.45) is 0 Å². The highest BCUT2D eigenvalue weighted by Crippen LogP contribution is 2.37. The molecule has 0 fully saturated rings. The second-order valence-electron chi connectivity index (χ2n) is 4.42. The summed E-state index contributed by atoms with van der Waals surface area (Å²) < 4.78 is 20.2. The highest BCUT2D eigenvalue weighted by Gasteiger charge is 2.12. The smallest absolute Gasteiger partial charge is 0.204 e. The van der Waals surface area contributed by atoms with Crippen molar-refractivity contribution in [2.45, 2.75) is 6.61 Å². The Morgan fingerprint density at radius 3 is 2.36 bits per heavy atom. The first-order chi connectivity index (χ1) is 10.6. The lowest BCUT2D eigenvalue weighted by molar-refractivity contribution is 0.302. The average molecular weight is 428 g/mol. The Morgan fingerprint density at radius 1 is 1.09 bits per heavy atom. The van der Waals surface area contributed by atoms with E-state index in [9.17, 15) is 4.39 Å². The first-order valence-corrected chi connectivity index (χ1v) is 7.82. The number of H-pyrrole nitrogens is 1. The lowest BCUT2D eigenvalue weighted by Crippen LogP contribution is -1.97. The van der Waals surface area contributed by atoms with E-state index < -0.39 is 0 Å². The number of aromatic amines is 1. The van der Waals surface area contributed by atoms with Crippen molar-refractivity contribution in [3.63, 3.8) is 0 Å². The molecule has 0 spiro atoms. The molecule has 0 aliphatic heterocycles. The van der Waals surface area contributed by atoms with Crippen LogP contribution in [0.2, 0.25) is 0 Å². The van der Waals surface area contributed by atoms with E-state index >= 15 is 0 Å². The quantitative estimate of drug-likeness (QED) is 0.680. The lowest BCUT2D eigenvalue weighted by Gasteiger charge is -2.11. The van der Waals surface area contributed by atoms with Crippen molar-refractivity contribution in [3.8, 4) is 17.1 Å². The minimum Gasteiger partial charge on any atom is -0.487 e. The molecule has 0 radical (unpaired) electrons. The summed E-state index contributed by atoms with van der Waals surface area (Å²) in [6.07, 6.45) is 0. The summed E-state index contributed by atoms with van der Waals surface area (Å²) in [4.78, 5) is 0. The maximum Gasteiger partial charge on any atom is 0.204 e. The highest BCUT2D eigenvalue weighted by atomic mass is 79.9. The fourth-order valence-corrected chi connectivity index (χ4v) is 3.26. The van der Waals surface area contributed by atoms with Crippen LogP contribution >= 0.6 is 31.9 Å². The molecule has 5 nitrogen and oxygen atoms in total. The van der Waals surface area contributed by atoms with Gasteiger partial charge in [0.25, 0.3) is 0 Å². The number of aromatic nitrogens is 4. The molecule has 3 rings (SSSR count). The lowest BCUT2D eigenvalue weighted by atomic mass is 10.2. The zero-order valence-corrected chi connectivity index (χ0v) is 14.2. The van der Waals surface area contributed by atoms with Crippen LogP contribution in [0.25, 0.3) is 11.4 Å². The summed E-state index contributed by atoms with van der Waals surface area (Å²) in [5.74, 6) is 0.874. The van der Waals surface area contributed by atoms with Gasteiger partial charge >= 0.3 is 0 Å². The minimum absolute atomic E-state index is 0.268. The normalized spacial score (nSPS) is 10.7. The van der Waals surface area contributed by atoms with Gasteiger partial charge in [-0.25, -0.2) is 4.39 Å². The number of nitrogens with one attached hydrogen (secondary N) is 1. The Morgan fingerprint density at radius 2 is 1.77 bits per heavy atom. The molecule has 0 aliphatic carbocycles. The molecule has 0 unspecified atom stereocenters. The zero-order valence-electron chi connectivity index (χ0n) is 11.1. The Balaban J connectivity index is 1.80. The fraction of sp³-hybridized carbons (Fsp3) is 0.0714. The van der Waals surface area contributed by atoms with Crippen LogP contribution in [0, 0.1) is 5.82 Å². The van der Waals surface area contributed by atoms with E-state index in [4.69, 9.17) is 4.74 Å². The SMILES string of the molecule is Fc1ccc(COc2c(Br)cc(-c3nn[nH]n3)cc2Br)cc1. The van der Waals surface area contributed by atoms with Gasteiger partial charge in [-0.15, -0.1) is 10.2 Å². The molecule has 3 aromatic rings. The topological polar surface area (TPSA) is 63.7 Å². The van der Waals surface area contributed by atoms with Crippen LogP contribution in [-0.4, -0.2) is 20.6 Å². The number of rotatable bonds is 4. The molecule has 0 atom stereocenters. The molecule has 112 valence electrons. The van der Waals surface area contributed by atoms with Gasteiger partial charge in [-0.3, -0.25) is 0 Å². The van der Waals surface area contributed by atoms with Gasteiger partial charge in [0.1, 0.15) is 18.2 Å². The van der Waals surface area contributed by atoms with Crippen LogP contribution in [0.15, 0.2) is 45.3 Å². The Bertz CT molecular complexity index is 755. The summed E-state index contributed by atoms with van der Waals surface area (Å²) in [7, 11) is 0. The van der Waals surface area contributed by atoms with Gasteiger partial charge < -0.3 is 4.74 Å². The standard InChI is InChI=1S/C14H9Br2FN4O/c15-11-5-9(14-18-20-21-19-14)6-12(16)13(11)22-7-8-1-3-10(17)4-2-8/h1-6H,7H2,(H,18,19,20,21). The van der Waals surface area contributed by atoms with Crippen molar-refractivity contribution in [2.75, 3.05) is 0 Å². The zero-order chi connectivity index (χ0) is 15.5. The molecular weight excluding hydrogens is 419 g/mol. The first kappa shape index (κ1) is 15.1. The van der Waals surface area contributed by atoms with Crippen molar-refractivity contribution in [3.05, 3.63) is 56.7 Å². The number of tetrazole rings is 1. The Hall–Kier alpha value is -1.80. The van der Waals surface area contributed by atoms with Gasteiger partial charge in [0.15, 0.2) is 0 Å². The van der Waals surface area contributed by atoms with Crippen molar-refractivity contribution in [1.29, 1.82) is 0 Å². The highest BCUT2D eigenvalue weighted by molar-refractivity contribution is 9.11. The fourth-order valence-electron chi connectivity index (χ4n) is 1.85. The summed E-state index contributed by atoms with van der Waals surface area (Å²) >= 11 is 6.94.